The molecule has 3 atom stereocenters. The summed E-state index contributed by atoms with van der Waals surface area (Å²) in [5, 5.41) is 21.8. The molecule has 3 aliphatic rings. The van der Waals surface area contributed by atoms with Crippen molar-refractivity contribution in [3.63, 3.8) is 0 Å². The number of hydrogen-bond acceptors (Lipinski definition) is 7. The Kier molecular flexibility index (Phi) is 5.33. The molecule has 1 aliphatic carbocycles. The zero-order chi connectivity index (χ0) is 25.0. The first-order valence-corrected chi connectivity index (χ1v) is 12.0. The number of carbonyl (C=O) groups is 3. The van der Waals surface area contributed by atoms with Gasteiger partial charge in [-0.2, -0.15) is 0 Å². The van der Waals surface area contributed by atoms with Crippen LogP contribution in [0.5, 0.6) is 5.75 Å². The number of benzene rings is 2. The maximum Gasteiger partial charge on any atom is 0.255 e. The van der Waals surface area contributed by atoms with Gasteiger partial charge in [-0.15, -0.1) is 5.10 Å². The van der Waals surface area contributed by atoms with E-state index in [9.17, 15) is 19.5 Å². The number of fused-ring (bicyclic) bond motifs is 2. The highest BCUT2D eigenvalue weighted by Crippen LogP contribution is 2.36. The van der Waals surface area contributed by atoms with Crippen molar-refractivity contribution in [3.05, 3.63) is 64.8 Å². The third-order valence-corrected chi connectivity index (χ3v) is 7.36. The molecule has 0 spiro atoms. The Hall–Kier alpha value is -4.05. The highest BCUT2D eigenvalue weighted by atomic mass is 16.5. The van der Waals surface area contributed by atoms with E-state index in [2.05, 4.69) is 15.6 Å². The van der Waals surface area contributed by atoms with Crippen LogP contribution in [-0.4, -0.2) is 62.0 Å². The number of rotatable bonds is 4. The SMILES string of the molecule is COc1ccc2c(c1)[C@@H](n1cc(-c3ccc4c(c3)CN(C3CCC(=O)NC3=O)C4=O)nn1)[C@H](O)CC2. The van der Waals surface area contributed by atoms with Crippen LogP contribution in [0, 0.1) is 0 Å². The molecule has 2 aromatic carbocycles. The lowest BCUT2D eigenvalue weighted by Crippen LogP contribution is -2.52. The molecule has 2 N–H and O–H groups in total. The molecule has 0 radical (unpaired) electrons. The minimum absolute atomic E-state index is 0.215. The molecule has 3 aromatic rings. The summed E-state index contributed by atoms with van der Waals surface area (Å²) < 4.78 is 7.08. The number of methoxy groups -OCH3 is 1. The van der Waals surface area contributed by atoms with E-state index in [0.29, 0.717) is 24.1 Å². The number of aliphatic hydroxyl groups is 1. The smallest absolute Gasteiger partial charge is 0.255 e. The molecule has 10 nitrogen and oxygen atoms in total. The van der Waals surface area contributed by atoms with Gasteiger partial charge in [-0.05, 0) is 60.2 Å². The predicted molar refractivity (Wildman–Crippen MR) is 127 cm³/mol. The summed E-state index contributed by atoms with van der Waals surface area (Å²) in [6.07, 6.45) is 3.13. The Bertz CT molecular complexity index is 1400. The van der Waals surface area contributed by atoms with Crippen molar-refractivity contribution < 1.29 is 24.2 Å². The molecule has 1 fully saturated rings. The Balaban J connectivity index is 1.28. The van der Waals surface area contributed by atoms with Gasteiger partial charge >= 0.3 is 0 Å². The van der Waals surface area contributed by atoms with Crippen LogP contribution in [0.25, 0.3) is 11.3 Å². The molecule has 1 unspecified atom stereocenters. The largest absolute Gasteiger partial charge is 0.497 e. The van der Waals surface area contributed by atoms with Gasteiger partial charge in [0.25, 0.3) is 5.91 Å². The van der Waals surface area contributed by atoms with E-state index in [1.807, 2.05) is 30.3 Å². The van der Waals surface area contributed by atoms with Gasteiger partial charge in [0.05, 0.1) is 19.4 Å². The minimum Gasteiger partial charge on any atom is -0.497 e. The number of nitrogens with zero attached hydrogens (tertiary/aromatic N) is 4. The first-order chi connectivity index (χ1) is 17.4. The highest BCUT2D eigenvalue weighted by Gasteiger charge is 2.39. The summed E-state index contributed by atoms with van der Waals surface area (Å²) in [4.78, 5) is 38.3. The van der Waals surface area contributed by atoms with Crippen molar-refractivity contribution in [1.29, 1.82) is 0 Å². The molecule has 0 bridgehead atoms. The van der Waals surface area contributed by atoms with E-state index >= 15 is 0 Å². The first kappa shape index (κ1) is 22.4. The summed E-state index contributed by atoms with van der Waals surface area (Å²) in [6, 6.07) is 10.3. The standard InChI is InChI=1S/C26H25N5O5/c1-36-17-5-2-14-4-8-22(32)24(19(14)11-17)31-13-20(28-29-31)15-3-6-18-16(10-15)12-30(26(18)35)21-7-9-23(33)27-25(21)34/h2-3,5-6,10-11,13,21-22,24,32H,4,7-9,12H2,1H3,(H,27,33,34)/t21?,22-,24-/m1/s1. The average Bonchev–Trinajstić information content (AvgIpc) is 3.48. The Morgan fingerprint density at radius 1 is 1.06 bits per heavy atom. The molecule has 2 aliphatic heterocycles. The maximum absolute atomic E-state index is 13.0. The van der Waals surface area contributed by atoms with Gasteiger partial charge in [-0.1, -0.05) is 17.3 Å². The fraction of sp³-hybridized carbons (Fsp3) is 0.346. The van der Waals surface area contributed by atoms with E-state index in [1.54, 1.807) is 24.1 Å². The van der Waals surface area contributed by atoms with Gasteiger partial charge in [-0.3, -0.25) is 19.7 Å². The van der Waals surface area contributed by atoms with Crippen LogP contribution in [0.2, 0.25) is 0 Å². The van der Waals surface area contributed by atoms with Crippen molar-refractivity contribution >= 4 is 17.7 Å². The van der Waals surface area contributed by atoms with Crippen molar-refractivity contribution in [3.8, 4) is 17.0 Å². The number of carbonyl (C=O) groups excluding carboxylic acids is 3. The Labute approximate surface area is 206 Å². The van der Waals surface area contributed by atoms with E-state index in [0.717, 1.165) is 34.4 Å². The van der Waals surface area contributed by atoms with Gasteiger partial charge in [0.15, 0.2) is 0 Å². The number of nitrogens with one attached hydrogen (secondary N) is 1. The average molecular weight is 488 g/mol. The summed E-state index contributed by atoms with van der Waals surface area (Å²) in [6.45, 7) is 0.289. The fourth-order valence-corrected chi connectivity index (χ4v) is 5.47. The zero-order valence-electron chi connectivity index (χ0n) is 19.7. The van der Waals surface area contributed by atoms with E-state index < -0.39 is 18.1 Å². The molecule has 1 saturated heterocycles. The molecule has 10 heteroatoms. The normalized spacial score (nSPS) is 23.3. The van der Waals surface area contributed by atoms with Gasteiger partial charge < -0.3 is 14.7 Å². The van der Waals surface area contributed by atoms with E-state index in [-0.39, 0.29) is 30.8 Å². The minimum atomic E-state index is -0.656. The predicted octanol–water partition coefficient (Wildman–Crippen LogP) is 1.61. The third-order valence-electron chi connectivity index (χ3n) is 7.36. The molecule has 3 heterocycles. The molecule has 3 amide bonds. The van der Waals surface area contributed by atoms with Crippen LogP contribution in [0.15, 0.2) is 42.6 Å². The number of aliphatic hydroxyl groups excluding tert-OH is 1. The Morgan fingerprint density at radius 3 is 2.72 bits per heavy atom. The topological polar surface area (TPSA) is 127 Å². The number of piperidine rings is 1. The van der Waals surface area contributed by atoms with Crippen LogP contribution >= 0.6 is 0 Å². The van der Waals surface area contributed by atoms with Crippen LogP contribution in [0.1, 0.15) is 52.4 Å². The first-order valence-electron chi connectivity index (χ1n) is 12.0. The lowest BCUT2D eigenvalue weighted by atomic mass is 9.85. The van der Waals surface area contributed by atoms with Crippen LogP contribution in [0.4, 0.5) is 0 Å². The number of amides is 3. The van der Waals surface area contributed by atoms with E-state index in [4.69, 9.17) is 4.74 Å². The quantitative estimate of drug-likeness (QED) is 0.536. The number of aromatic nitrogens is 3. The fourth-order valence-electron chi connectivity index (χ4n) is 5.47. The Morgan fingerprint density at radius 2 is 1.92 bits per heavy atom. The second-order valence-corrected chi connectivity index (χ2v) is 9.47. The number of imide groups is 1. The second-order valence-electron chi connectivity index (χ2n) is 9.47. The maximum atomic E-state index is 13.0. The number of hydrogen-bond donors (Lipinski definition) is 2. The molecule has 6 rings (SSSR count). The van der Waals surface area contributed by atoms with Crippen LogP contribution in [0.3, 0.4) is 0 Å². The van der Waals surface area contributed by atoms with Crippen molar-refractivity contribution in [1.82, 2.24) is 25.2 Å². The van der Waals surface area contributed by atoms with Crippen molar-refractivity contribution in [2.75, 3.05) is 7.11 Å². The van der Waals surface area contributed by atoms with Gasteiger partial charge in [0, 0.05) is 24.1 Å². The lowest BCUT2D eigenvalue weighted by molar-refractivity contribution is -0.136. The number of aryl methyl sites for hydroxylation is 1. The summed E-state index contributed by atoms with van der Waals surface area (Å²) in [5.74, 6) is -0.240. The summed E-state index contributed by atoms with van der Waals surface area (Å²) in [7, 11) is 1.61. The van der Waals surface area contributed by atoms with Crippen LogP contribution in [-0.2, 0) is 22.6 Å². The second kappa shape index (κ2) is 8.56. The zero-order valence-corrected chi connectivity index (χ0v) is 19.7. The lowest BCUT2D eigenvalue weighted by Gasteiger charge is -2.30. The number of ether oxygens (including phenoxy) is 1. The molecule has 184 valence electrons. The van der Waals surface area contributed by atoms with Crippen molar-refractivity contribution in [2.45, 2.75) is 50.4 Å². The van der Waals surface area contributed by atoms with Crippen LogP contribution < -0.4 is 10.1 Å². The monoisotopic (exact) mass is 487 g/mol. The molecule has 36 heavy (non-hydrogen) atoms. The van der Waals surface area contributed by atoms with Crippen molar-refractivity contribution in [2.24, 2.45) is 0 Å². The molecular formula is C26H25N5O5. The molecular weight excluding hydrogens is 462 g/mol. The highest BCUT2D eigenvalue weighted by molar-refractivity contribution is 6.05. The van der Waals surface area contributed by atoms with Gasteiger partial charge in [0.1, 0.15) is 23.5 Å². The van der Waals surface area contributed by atoms with Gasteiger partial charge in [-0.25, -0.2) is 4.68 Å². The van der Waals surface area contributed by atoms with Gasteiger partial charge in [0.2, 0.25) is 11.8 Å². The molecule has 1 aromatic heterocycles. The molecule has 0 saturated carbocycles. The third kappa shape index (κ3) is 3.65. The summed E-state index contributed by atoms with van der Waals surface area (Å²) >= 11 is 0. The summed E-state index contributed by atoms with van der Waals surface area (Å²) in [5.41, 5.74) is 4.85. The van der Waals surface area contributed by atoms with E-state index in [1.165, 1.54) is 4.90 Å².